The lowest BCUT2D eigenvalue weighted by atomic mass is 10.1. The number of carbonyl (C=O) groups excluding carboxylic acids is 1. The fourth-order valence-electron chi connectivity index (χ4n) is 2.97. The molecular weight excluding hydrogens is 351 g/mol. The number of aromatic nitrogens is 2. The van der Waals surface area contributed by atoms with Crippen LogP contribution < -0.4 is 10.8 Å². The summed E-state index contributed by atoms with van der Waals surface area (Å²) in [4.78, 5) is 21.4. The topological polar surface area (TPSA) is 87.9 Å². The molecule has 3 N–H and O–H groups in total. The van der Waals surface area contributed by atoms with Crippen LogP contribution >= 0.6 is 0 Å². The second kappa shape index (κ2) is 7.34. The summed E-state index contributed by atoms with van der Waals surface area (Å²) in [5.74, 6) is -0.426. The van der Waals surface area contributed by atoms with Crippen molar-refractivity contribution in [3.05, 3.63) is 59.9 Å². The van der Waals surface area contributed by atoms with Gasteiger partial charge in [-0.1, -0.05) is 6.07 Å². The highest BCUT2D eigenvalue weighted by molar-refractivity contribution is 6.03. The fourth-order valence-corrected chi connectivity index (χ4v) is 2.97. The molecule has 0 radical (unpaired) electrons. The molecule has 0 unspecified atom stereocenters. The molecule has 140 valence electrons. The minimum atomic E-state index is -0.510. The zero-order valence-corrected chi connectivity index (χ0v) is 14.5. The van der Waals surface area contributed by atoms with Gasteiger partial charge in [-0.2, -0.15) is 0 Å². The molecule has 0 aliphatic heterocycles. The molecule has 4 rings (SSSR count). The van der Waals surface area contributed by atoms with E-state index in [0.29, 0.717) is 17.1 Å². The van der Waals surface area contributed by atoms with Gasteiger partial charge in [-0.15, -0.1) is 0 Å². The van der Waals surface area contributed by atoms with Crippen LogP contribution in [-0.4, -0.2) is 33.6 Å². The largest absolute Gasteiger partial charge is 0.394 e. The van der Waals surface area contributed by atoms with E-state index < -0.39 is 5.91 Å². The number of rotatable bonds is 7. The van der Waals surface area contributed by atoms with Crippen LogP contribution in [-0.2, 0) is 4.84 Å². The summed E-state index contributed by atoms with van der Waals surface area (Å²) in [7, 11) is 0. The molecule has 0 atom stereocenters. The van der Waals surface area contributed by atoms with Crippen LogP contribution in [0.15, 0.2) is 43.0 Å². The van der Waals surface area contributed by atoms with Crippen LogP contribution in [0.5, 0.6) is 0 Å². The highest BCUT2D eigenvalue weighted by atomic mass is 19.1. The van der Waals surface area contributed by atoms with E-state index in [-0.39, 0.29) is 30.3 Å². The summed E-state index contributed by atoms with van der Waals surface area (Å²) in [6, 6.07) is 6.72. The van der Waals surface area contributed by atoms with Gasteiger partial charge in [0.15, 0.2) is 0 Å². The van der Waals surface area contributed by atoms with Crippen LogP contribution in [0.2, 0.25) is 0 Å². The van der Waals surface area contributed by atoms with Crippen molar-refractivity contribution in [3.63, 3.8) is 0 Å². The van der Waals surface area contributed by atoms with E-state index in [1.165, 1.54) is 0 Å². The first kappa shape index (κ1) is 17.4. The van der Waals surface area contributed by atoms with E-state index in [9.17, 15) is 9.18 Å². The van der Waals surface area contributed by atoms with E-state index in [1.807, 2.05) is 6.07 Å². The maximum atomic E-state index is 14.6. The Morgan fingerprint density at radius 1 is 1.37 bits per heavy atom. The van der Waals surface area contributed by atoms with Gasteiger partial charge >= 0.3 is 0 Å². The van der Waals surface area contributed by atoms with Crippen molar-refractivity contribution < 1.29 is 19.1 Å². The Bertz CT molecular complexity index is 984. The van der Waals surface area contributed by atoms with Gasteiger partial charge in [0.2, 0.25) is 0 Å². The predicted octanol–water partition coefficient (Wildman–Crippen LogP) is 2.75. The minimum absolute atomic E-state index is 0.0271. The Hall–Kier alpha value is -2.97. The van der Waals surface area contributed by atoms with Gasteiger partial charge in [0.25, 0.3) is 5.91 Å². The number of amides is 1. The van der Waals surface area contributed by atoms with E-state index in [1.54, 1.807) is 41.3 Å². The average molecular weight is 370 g/mol. The second-order valence-electron chi connectivity index (χ2n) is 6.43. The van der Waals surface area contributed by atoms with E-state index >= 15 is 0 Å². The van der Waals surface area contributed by atoms with Gasteiger partial charge in [0.05, 0.1) is 48.2 Å². The van der Waals surface area contributed by atoms with Crippen molar-refractivity contribution in [3.8, 4) is 0 Å². The molecule has 1 aliphatic rings. The zero-order chi connectivity index (χ0) is 18.8. The van der Waals surface area contributed by atoms with Crippen LogP contribution in [0.4, 0.5) is 15.8 Å². The van der Waals surface area contributed by atoms with Crippen LogP contribution in [0.1, 0.15) is 34.7 Å². The summed E-state index contributed by atoms with van der Waals surface area (Å²) in [5.41, 5.74) is 4.85. The quantitative estimate of drug-likeness (QED) is 0.440. The van der Waals surface area contributed by atoms with E-state index in [0.717, 1.165) is 18.4 Å². The number of halogens is 1. The number of hydrogen-bond donors (Lipinski definition) is 3. The number of carbonyl (C=O) groups is 1. The monoisotopic (exact) mass is 370 g/mol. The molecule has 1 fully saturated rings. The molecule has 0 saturated heterocycles. The van der Waals surface area contributed by atoms with Crippen molar-refractivity contribution in [2.75, 3.05) is 18.5 Å². The second-order valence-corrected chi connectivity index (χ2v) is 6.43. The average Bonchev–Trinajstić information content (AvgIpc) is 3.40. The molecule has 1 amide bonds. The van der Waals surface area contributed by atoms with Crippen molar-refractivity contribution in [2.45, 2.75) is 18.8 Å². The first-order chi connectivity index (χ1) is 13.2. The molecule has 1 aliphatic carbocycles. The standard InChI is InChI=1S/C19H19FN4O3/c20-15-9-13(12-1-2-12)3-4-16(15)22-18-14(19(26)23-27-8-7-25)5-6-24-11-21-10-17(18)24/h3-6,9-12,22,25H,1-2,7-8H2,(H,23,26). The molecule has 0 bridgehead atoms. The molecule has 1 aromatic carbocycles. The number of nitrogens with one attached hydrogen (secondary N) is 2. The lowest BCUT2D eigenvalue weighted by Gasteiger charge is -2.15. The van der Waals surface area contributed by atoms with Gasteiger partial charge in [-0.25, -0.2) is 14.9 Å². The number of aliphatic hydroxyl groups excluding tert-OH is 1. The lowest BCUT2D eigenvalue weighted by molar-refractivity contribution is 0.0169. The molecule has 2 aromatic heterocycles. The van der Waals surface area contributed by atoms with E-state index in [2.05, 4.69) is 15.8 Å². The van der Waals surface area contributed by atoms with Gasteiger partial charge < -0.3 is 14.8 Å². The van der Waals surface area contributed by atoms with Crippen molar-refractivity contribution in [1.82, 2.24) is 14.9 Å². The number of anilines is 2. The van der Waals surface area contributed by atoms with Crippen LogP contribution in [0, 0.1) is 5.82 Å². The maximum absolute atomic E-state index is 14.6. The Kier molecular flexibility index (Phi) is 4.74. The number of nitrogens with zero attached hydrogens (tertiary/aromatic N) is 2. The SMILES string of the molecule is O=C(NOCCO)c1ccn2cncc2c1Nc1ccc(C2CC2)cc1F. The lowest BCUT2D eigenvalue weighted by Crippen LogP contribution is -2.26. The smallest absolute Gasteiger partial charge is 0.277 e. The summed E-state index contributed by atoms with van der Waals surface area (Å²) >= 11 is 0. The summed E-state index contributed by atoms with van der Waals surface area (Å²) in [6.07, 6.45) is 7.06. The number of hydrogen-bond acceptors (Lipinski definition) is 5. The molecular formula is C19H19FN4O3. The molecule has 0 spiro atoms. The summed E-state index contributed by atoms with van der Waals surface area (Å²) in [5, 5.41) is 11.8. The van der Waals surface area contributed by atoms with Gasteiger partial charge in [-0.3, -0.25) is 9.63 Å². The molecule has 2 heterocycles. The predicted molar refractivity (Wildman–Crippen MR) is 97.4 cm³/mol. The third-order valence-corrected chi connectivity index (χ3v) is 4.50. The van der Waals surface area contributed by atoms with Gasteiger partial charge in [0, 0.05) is 6.20 Å². The Morgan fingerprint density at radius 2 is 2.22 bits per heavy atom. The Labute approximate surface area is 154 Å². The Morgan fingerprint density at radius 3 is 2.96 bits per heavy atom. The molecule has 7 nitrogen and oxygen atoms in total. The number of pyridine rings is 1. The fraction of sp³-hybridized carbons (Fsp3) is 0.263. The number of benzene rings is 1. The summed E-state index contributed by atoms with van der Waals surface area (Å²) < 4.78 is 16.3. The highest BCUT2D eigenvalue weighted by Crippen LogP contribution is 2.41. The molecule has 8 heteroatoms. The van der Waals surface area contributed by atoms with Crippen LogP contribution in [0.25, 0.3) is 5.52 Å². The normalized spacial score (nSPS) is 13.7. The third-order valence-electron chi connectivity index (χ3n) is 4.50. The number of aliphatic hydroxyl groups is 1. The molecule has 3 aromatic rings. The number of hydroxylamine groups is 1. The van der Waals surface area contributed by atoms with Crippen LogP contribution in [0.3, 0.4) is 0 Å². The Balaban J connectivity index is 1.67. The third kappa shape index (κ3) is 3.62. The van der Waals surface area contributed by atoms with E-state index in [4.69, 9.17) is 9.94 Å². The molecule has 27 heavy (non-hydrogen) atoms. The summed E-state index contributed by atoms with van der Waals surface area (Å²) in [6.45, 7) is -0.244. The number of imidazole rings is 1. The van der Waals surface area contributed by atoms with Crippen molar-refractivity contribution in [1.29, 1.82) is 0 Å². The van der Waals surface area contributed by atoms with Gasteiger partial charge in [-0.05, 0) is 42.5 Å². The molecule has 1 saturated carbocycles. The van der Waals surface area contributed by atoms with Crippen molar-refractivity contribution in [2.24, 2.45) is 0 Å². The zero-order valence-electron chi connectivity index (χ0n) is 14.5. The minimum Gasteiger partial charge on any atom is -0.394 e. The first-order valence-corrected chi connectivity index (χ1v) is 8.71. The number of fused-ring (bicyclic) bond motifs is 1. The maximum Gasteiger partial charge on any atom is 0.277 e. The van der Waals surface area contributed by atoms with Gasteiger partial charge in [0.1, 0.15) is 5.82 Å². The highest BCUT2D eigenvalue weighted by Gasteiger charge is 2.24. The first-order valence-electron chi connectivity index (χ1n) is 8.71. The van der Waals surface area contributed by atoms with Crippen molar-refractivity contribution >= 4 is 22.8 Å².